The number of benzene rings is 1. The highest BCUT2D eigenvalue weighted by Crippen LogP contribution is 2.20. The minimum Gasteiger partial charge on any atom is -0.370 e. The van der Waals surface area contributed by atoms with E-state index in [4.69, 9.17) is 0 Å². The molecule has 0 radical (unpaired) electrons. The number of nitrogens with one attached hydrogen (secondary N) is 2. The fourth-order valence-corrected chi connectivity index (χ4v) is 4.75. The highest BCUT2D eigenvalue weighted by Gasteiger charge is 2.14. The van der Waals surface area contributed by atoms with Gasteiger partial charge in [0.05, 0.1) is 0 Å². The van der Waals surface area contributed by atoms with Crippen molar-refractivity contribution in [1.82, 2.24) is 15.5 Å². The molecule has 7 heteroatoms. The van der Waals surface area contributed by atoms with Crippen LogP contribution in [0.1, 0.15) is 31.7 Å². The zero-order chi connectivity index (χ0) is 19.6. The van der Waals surface area contributed by atoms with Crippen LogP contribution in [0.5, 0.6) is 0 Å². The molecule has 0 spiro atoms. The minimum absolute atomic E-state index is 0. The van der Waals surface area contributed by atoms with Crippen LogP contribution >= 0.6 is 35.7 Å². The quantitative estimate of drug-likeness (QED) is 0.244. The van der Waals surface area contributed by atoms with Gasteiger partial charge >= 0.3 is 0 Å². The molecule has 1 aromatic rings. The Morgan fingerprint density at radius 1 is 1.07 bits per heavy atom. The summed E-state index contributed by atoms with van der Waals surface area (Å²) in [4.78, 5) is 9.44. The molecule has 0 aromatic heterocycles. The van der Waals surface area contributed by atoms with Crippen molar-refractivity contribution in [2.24, 2.45) is 10.9 Å². The first-order valence-corrected chi connectivity index (χ1v) is 12.0. The number of hydrogen-bond donors (Lipinski definition) is 2. The summed E-state index contributed by atoms with van der Waals surface area (Å²) in [5.74, 6) is 4.28. The Morgan fingerprint density at radius 2 is 1.76 bits per heavy atom. The largest absolute Gasteiger partial charge is 0.370 e. The third kappa shape index (κ3) is 8.53. The molecule has 1 aromatic carbocycles. The lowest BCUT2D eigenvalue weighted by Crippen LogP contribution is -2.39. The molecule has 5 nitrogen and oxygen atoms in total. The van der Waals surface area contributed by atoms with E-state index in [1.807, 2.05) is 7.05 Å². The van der Waals surface area contributed by atoms with E-state index < -0.39 is 0 Å². The van der Waals surface area contributed by atoms with Crippen LogP contribution in [0.25, 0.3) is 0 Å². The predicted octanol–water partition coefficient (Wildman–Crippen LogP) is 3.64. The van der Waals surface area contributed by atoms with Gasteiger partial charge in [0.1, 0.15) is 0 Å². The van der Waals surface area contributed by atoms with Crippen molar-refractivity contribution < 1.29 is 0 Å². The molecule has 3 rings (SSSR count). The molecule has 164 valence electrons. The molecule has 29 heavy (non-hydrogen) atoms. The van der Waals surface area contributed by atoms with Gasteiger partial charge in [0.25, 0.3) is 0 Å². The van der Waals surface area contributed by atoms with Crippen molar-refractivity contribution in [1.29, 1.82) is 0 Å². The van der Waals surface area contributed by atoms with Gasteiger partial charge in [-0.05, 0) is 62.5 Å². The lowest BCUT2D eigenvalue weighted by Gasteiger charge is -2.30. The molecule has 0 bridgehead atoms. The maximum absolute atomic E-state index is 4.36. The highest BCUT2D eigenvalue weighted by molar-refractivity contribution is 14.0. The van der Waals surface area contributed by atoms with E-state index in [2.05, 4.69) is 68.4 Å². The lowest BCUT2D eigenvalue weighted by molar-refractivity contribution is 0.191. The van der Waals surface area contributed by atoms with Gasteiger partial charge in [0, 0.05) is 50.4 Å². The summed E-state index contributed by atoms with van der Waals surface area (Å²) < 4.78 is 0. The average molecular weight is 532 g/mol. The first-order valence-electron chi connectivity index (χ1n) is 10.8. The normalized spacial score (nSPS) is 19.0. The van der Waals surface area contributed by atoms with Crippen LogP contribution in [0.3, 0.4) is 0 Å². The molecule has 2 aliphatic rings. The van der Waals surface area contributed by atoms with E-state index >= 15 is 0 Å². The predicted molar refractivity (Wildman–Crippen MR) is 139 cm³/mol. The monoisotopic (exact) mass is 531 g/mol. The Morgan fingerprint density at radius 3 is 2.41 bits per heavy atom. The summed E-state index contributed by atoms with van der Waals surface area (Å²) in [5.41, 5.74) is 2.64. The SMILES string of the molecule is CN=C(NCCCN1CCC(C)CC1)NCc1ccc(N2CCSCC2)cc1.I. The van der Waals surface area contributed by atoms with Crippen molar-refractivity contribution in [3.8, 4) is 0 Å². The molecule has 2 N–H and O–H groups in total. The average Bonchev–Trinajstić information content (AvgIpc) is 2.75. The van der Waals surface area contributed by atoms with Crippen LogP contribution in [-0.4, -0.2) is 68.7 Å². The number of anilines is 1. The van der Waals surface area contributed by atoms with Crippen LogP contribution in [0.2, 0.25) is 0 Å². The third-order valence-electron chi connectivity index (χ3n) is 5.82. The first kappa shape index (κ1) is 24.6. The molecule has 2 heterocycles. The molecule has 0 saturated carbocycles. The van der Waals surface area contributed by atoms with Gasteiger partial charge in [0.15, 0.2) is 5.96 Å². The molecule has 2 saturated heterocycles. The maximum atomic E-state index is 4.36. The van der Waals surface area contributed by atoms with Crippen molar-refractivity contribution in [2.75, 3.05) is 62.7 Å². The van der Waals surface area contributed by atoms with Gasteiger partial charge in [-0.15, -0.1) is 24.0 Å². The van der Waals surface area contributed by atoms with E-state index in [1.165, 1.54) is 55.2 Å². The molecule has 2 fully saturated rings. The van der Waals surface area contributed by atoms with E-state index in [1.54, 1.807) is 0 Å². The standard InChI is InChI=1S/C22H37N5S.HI/c1-19-8-12-26(13-9-19)11-3-10-24-22(23-2)25-18-20-4-6-21(7-5-20)27-14-16-28-17-15-27;/h4-7,19H,3,8-18H2,1-2H3,(H2,23,24,25);1H. The number of aliphatic imine (C=N–C) groups is 1. The molecular weight excluding hydrogens is 493 g/mol. The van der Waals surface area contributed by atoms with Gasteiger partial charge in [-0.25, -0.2) is 0 Å². The summed E-state index contributed by atoms with van der Waals surface area (Å²) in [6.45, 7) is 10.2. The van der Waals surface area contributed by atoms with Crippen LogP contribution in [0, 0.1) is 5.92 Å². The number of halogens is 1. The Hall–Kier alpha value is -0.670. The van der Waals surface area contributed by atoms with Gasteiger partial charge in [-0.2, -0.15) is 11.8 Å². The molecule has 0 atom stereocenters. The Kier molecular flexibility index (Phi) is 11.5. The van der Waals surface area contributed by atoms with Crippen molar-refractivity contribution >= 4 is 47.4 Å². The summed E-state index contributed by atoms with van der Waals surface area (Å²) in [5, 5.41) is 6.89. The molecule has 0 unspecified atom stereocenters. The topological polar surface area (TPSA) is 42.9 Å². The highest BCUT2D eigenvalue weighted by atomic mass is 127. The smallest absolute Gasteiger partial charge is 0.191 e. The van der Waals surface area contributed by atoms with Gasteiger partial charge < -0.3 is 20.4 Å². The van der Waals surface area contributed by atoms with Crippen molar-refractivity contribution in [3.05, 3.63) is 29.8 Å². The van der Waals surface area contributed by atoms with Crippen LogP contribution in [0.4, 0.5) is 5.69 Å². The second-order valence-electron chi connectivity index (χ2n) is 8.00. The number of likely N-dealkylation sites (tertiary alicyclic amines) is 1. The molecule has 0 aliphatic carbocycles. The number of piperidine rings is 1. The van der Waals surface area contributed by atoms with Gasteiger partial charge in [-0.1, -0.05) is 19.1 Å². The zero-order valence-electron chi connectivity index (χ0n) is 18.0. The van der Waals surface area contributed by atoms with E-state index in [0.717, 1.165) is 44.5 Å². The summed E-state index contributed by atoms with van der Waals surface area (Å²) in [6.07, 6.45) is 3.87. The van der Waals surface area contributed by atoms with Crippen LogP contribution in [0.15, 0.2) is 29.3 Å². The Labute approximate surface area is 198 Å². The Bertz CT molecular complexity index is 596. The van der Waals surface area contributed by atoms with E-state index in [0.29, 0.717) is 0 Å². The lowest BCUT2D eigenvalue weighted by atomic mass is 9.99. The summed E-state index contributed by atoms with van der Waals surface area (Å²) >= 11 is 2.05. The third-order valence-corrected chi connectivity index (χ3v) is 6.76. The second-order valence-corrected chi connectivity index (χ2v) is 9.22. The van der Waals surface area contributed by atoms with Gasteiger partial charge in [0.2, 0.25) is 0 Å². The first-order chi connectivity index (χ1) is 13.7. The number of rotatable bonds is 7. The maximum Gasteiger partial charge on any atom is 0.191 e. The van der Waals surface area contributed by atoms with Crippen molar-refractivity contribution in [2.45, 2.75) is 32.7 Å². The summed E-state index contributed by atoms with van der Waals surface area (Å²) in [6, 6.07) is 8.97. The zero-order valence-corrected chi connectivity index (χ0v) is 21.2. The van der Waals surface area contributed by atoms with Crippen molar-refractivity contribution in [3.63, 3.8) is 0 Å². The minimum atomic E-state index is 0. The second kappa shape index (κ2) is 13.6. The fraction of sp³-hybridized carbons (Fsp3) is 0.682. The Balaban J connectivity index is 0.00000300. The summed E-state index contributed by atoms with van der Waals surface area (Å²) in [7, 11) is 1.85. The van der Waals surface area contributed by atoms with Gasteiger partial charge in [-0.3, -0.25) is 4.99 Å². The molecule has 2 aliphatic heterocycles. The number of thioether (sulfide) groups is 1. The van der Waals surface area contributed by atoms with E-state index in [9.17, 15) is 0 Å². The number of guanidine groups is 1. The molecule has 0 amide bonds. The van der Waals surface area contributed by atoms with Crippen LogP contribution < -0.4 is 15.5 Å². The number of nitrogens with zero attached hydrogens (tertiary/aromatic N) is 3. The van der Waals surface area contributed by atoms with E-state index in [-0.39, 0.29) is 24.0 Å². The fourth-order valence-electron chi connectivity index (χ4n) is 3.85. The number of hydrogen-bond acceptors (Lipinski definition) is 4. The molecular formula is C22H38IN5S. The van der Waals surface area contributed by atoms with Crippen LogP contribution in [-0.2, 0) is 6.54 Å².